The van der Waals surface area contributed by atoms with E-state index in [4.69, 9.17) is 0 Å². The van der Waals surface area contributed by atoms with E-state index in [1.807, 2.05) is 0 Å². The van der Waals surface area contributed by atoms with Crippen LogP contribution < -0.4 is 4.90 Å². The molecule has 0 fully saturated rings. The number of nitrogens with zero attached hydrogens (tertiary/aromatic N) is 3. The first-order valence-electron chi connectivity index (χ1n) is 7.89. The predicted molar refractivity (Wildman–Crippen MR) is 93.3 cm³/mol. The van der Waals surface area contributed by atoms with Crippen molar-refractivity contribution in [2.24, 2.45) is 7.05 Å². The Morgan fingerprint density at radius 1 is 1.07 bits per heavy atom. The van der Waals surface area contributed by atoms with E-state index in [-0.39, 0.29) is 11.4 Å². The van der Waals surface area contributed by atoms with Gasteiger partial charge in [0.25, 0.3) is 0 Å². The maximum Gasteiger partial charge on any atom is 0.437 e. The van der Waals surface area contributed by atoms with Gasteiger partial charge in [-0.25, -0.2) is 13.2 Å². The summed E-state index contributed by atoms with van der Waals surface area (Å²) >= 11 is 0.752. The van der Waals surface area contributed by atoms with Crippen molar-refractivity contribution in [3.63, 3.8) is 0 Å². The Hall–Kier alpha value is -2.95. The van der Waals surface area contributed by atoms with Crippen LogP contribution >= 0.6 is 11.8 Å². The molecule has 0 aliphatic carbocycles. The number of benzene rings is 2. The highest BCUT2D eigenvalue weighted by molar-refractivity contribution is 7.99. The lowest BCUT2D eigenvalue weighted by molar-refractivity contribution is -0.140. The molecule has 1 amide bonds. The molecule has 0 spiro atoms. The van der Waals surface area contributed by atoms with Crippen molar-refractivity contribution < 1.29 is 31.1 Å². The van der Waals surface area contributed by atoms with Gasteiger partial charge in [-0.15, -0.1) is 0 Å². The van der Waals surface area contributed by atoms with Crippen molar-refractivity contribution in [2.45, 2.75) is 16.1 Å². The van der Waals surface area contributed by atoms with Gasteiger partial charge in [0, 0.05) is 11.9 Å². The van der Waals surface area contributed by atoms with Crippen LogP contribution in [0.4, 0.5) is 37.7 Å². The largest absolute Gasteiger partial charge is 0.437 e. The quantitative estimate of drug-likeness (QED) is 0.406. The first kappa shape index (κ1) is 20.8. The summed E-state index contributed by atoms with van der Waals surface area (Å²) in [5, 5.41) is 3.24. The highest BCUT2D eigenvalue weighted by Gasteiger charge is 2.42. The summed E-state index contributed by atoms with van der Waals surface area (Å²) in [5.74, 6) is -3.37. The normalized spacial score (nSPS) is 11.6. The minimum Gasteiger partial charge on any atom is -0.278 e. The van der Waals surface area contributed by atoms with Crippen LogP contribution in [0.3, 0.4) is 0 Å². The highest BCUT2D eigenvalue weighted by atomic mass is 32.2. The fraction of sp³-hybridized carbons (Fsp3) is 0.111. The van der Waals surface area contributed by atoms with E-state index in [9.17, 15) is 31.1 Å². The second-order valence-electron chi connectivity index (χ2n) is 5.73. The van der Waals surface area contributed by atoms with Gasteiger partial charge < -0.3 is 0 Å². The van der Waals surface area contributed by atoms with Crippen LogP contribution in [-0.4, -0.2) is 16.2 Å². The molecule has 0 radical (unpaired) electrons. The average Bonchev–Trinajstić information content (AvgIpc) is 2.98. The number of aryl methyl sites for hydroxylation is 1. The van der Waals surface area contributed by atoms with Gasteiger partial charge in [0.1, 0.15) is 16.5 Å². The van der Waals surface area contributed by atoms with Crippen LogP contribution in [0.5, 0.6) is 0 Å². The molecule has 1 aromatic heterocycles. The number of carbonyl (C=O) groups is 1. The zero-order valence-corrected chi connectivity index (χ0v) is 15.4. The third-order valence-electron chi connectivity index (χ3n) is 3.80. The minimum absolute atomic E-state index is 0.0567. The molecule has 29 heavy (non-hydrogen) atoms. The summed E-state index contributed by atoms with van der Waals surface area (Å²) in [4.78, 5) is 12.4. The number of hydrogen-bond donors (Lipinski definition) is 0. The molecule has 0 saturated carbocycles. The summed E-state index contributed by atoms with van der Waals surface area (Å²) in [6.45, 7) is 0. The van der Waals surface area contributed by atoms with Crippen LogP contribution in [0.25, 0.3) is 0 Å². The molecule has 2 aromatic carbocycles. The second-order valence-corrected chi connectivity index (χ2v) is 6.79. The SMILES string of the molecule is Cn1nc(C(F)(F)F)c(N(C=O)c2cccc(F)c2F)c1Sc1ccc(F)cc1. The van der Waals surface area contributed by atoms with Crippen molar-refractivity contribution in [1.29, 1.82) is 0 Å². The van der Waals surface area contributed by atoms with E-state index < -0.39 is 40.7 Å². The van der Waals surface area contributed by atoms with Gasteiger partial charge in [0.05, 0.1) is 5.69 Å². The standard InChI is InChI=1S/C18H11F6N3OS/c1-26-17(29-11-7-5-10(19)6-8-11)15(16(25-26)18(22,23)24)27(9-28)13-4-2-3-12(20)14(13)21/h2-9H,1H3. The molecule has 0 unspecified atom stereocenters. The van der Waals surface area contributed by atoms with Gasteiger partial charge in [0.2, 0.25) is 6.41 Å². The van der Waals surface area contributed by atoms with E-state index in [0.29, 0.717) is 9.80 Å². The van der Waals surface area contributed by atoms with Gasteiger partial charge in [-0.2, -0.15) is 18.3 Å². The lowest BCUT2D eigenvalue weighted by Gasteiger charge is -2.20. The van der Waals surface area contributed by atoms with Gasteiger partial charge >= 0.3 is 6.18 Å². The second kappa shape index (κ2) is 7.82. The van der Waals surface area contributed by atoms with Crippen LogP contribution in [0.15, 0.2) is 52.4 Å². The van der Waals surface area contributed by atoms with Crippen LogP contribution in [0.2, 0.25) is 0 Å². The Morgan fingerprint density at radius 3 is 2.31 bits per heavy atom. The fourth-order valence-corrected chi connectivity index (χ4v) is 3.50. The van der Waals surface area contributed by atoms with Crippen molar-refractivity contribution >= 4 is 29.5 Å². The van der Waals surface area contributed by atoms with E-state index >= 15 is 0 Å². The third-order valence-corrected chi connectivity index (χ3v) is 4.96. The van der Waals surface area contributed by atoms with Gasteiger partial charge in [-0.3, -0.25) is 14.4 Å². The zero-order chi connectivity index (χ0) is 21.3. The molecule has 0 aliphatic rings. The maximum absolute atomic E-state index is 14.2. The molecule has 11 heteroatoms. The Labute approximate surface area is 164 Å². The van der Waals surface area contributed by atoms with Gasteiger partial charge in [0.15, 0.2) is 17.3 Å². The number of hydrogen-bond acceptors (Lipinski definition) is 3. The molecular formula is C18H11F6N3OS. The molecule has 3 aromatic rings. The molecule has 0 bridgehead atoms. The molecular weight excluding hydrogens is 420 g/mol. The highest BCUT2D eigenvalue weighted by Crippen LogP contribution is 2.45. The third kappa shape index (κ3) is 4.09. The van der Waals surface area contributed by atoms with Crippen molar-refractivity contribution in [2.75, 3.05) is 4.90 Å². The molecule has 0 aliphatic heterocycles. The number of halogens is 6. The van der Waals surface area contributed by atoms with Gasteiger partial charge in [-0.1, -0.05) is 17.8 Å². The molecule has 1 heterocycles. The maximum atomic E-state index is 14.2. The number of amides is 1. The Morgan fingerprint density at radius 2 is 1.72 bits per heavy atom. The Kier molecular flexibility index (Phi) is 5.60. The number of aromatic nitrogens is 2. The topological polar surface area (TPSA) is 38.1 Å². The van der Waals surface area contributed by atoms with E-state index in [1.165, 1.54) is 19.2 Å². The molecule has 0 atom stereocenters. The van der Waals surface area contributed by atoms with Gasteiger partial charge in [-0.05, 0) is 36.4 Å². The van der Waals surface area contributed by atoms with Crippen LogP contribution in [-0.2, 0) is 18.0 Å². The number of anilines is 2. The Bertz CT molecular complexity index is 1050. The lowest BCUT2D eigenvalue weighted by atomic mass is 10.2. The summed E-state index contributed by atoms with van der Waals surface area (Å²) in [5.41, 5.74) is -2.94. The van der Waals surface area contributed by atoms with E-state index in [2.05, 4.69) is 5.10 Å². The first-order valence-corrected chi connectivity index (χ1v) is 8.71. The summed E-state index contributed by atoms with van der Waals surface area (Å²) in [6, 6.07) is 7.63. The van der Waals surface area contributed by atoms with Crippen molar-refractivity contribution in [1.82, 2.24) is 9.78 Å². The predicted octanol–water partition coefficient (Wildman–Crippen LogP) is 5.30. The Balaban J connectivity index is 2.22. The van der Waals surface area contributed by atoms with Crippen molar-refractivity contribution in [3.05, 3.63) is 65.6 Å². The fourth-order valence-electron chi connectivity index (χ4n) is 2.54. The van der Waals surface area contributed by atoms with Crippen LogP contribution in [0.1, 0.15) is 5.69 Å². The molecule has 0 N–H and O–H groups in total. The molecule has 0 saturated heterocycles. The number of alkyl halides is 3. The van der Waals surface area contributed by atoms with E-state index in [0.717, 1.165) is 46.8 Å². The number of rotatable bonds is 5. The summed E-state index contributed by atoms with van der Waals surface area (Å²) < 4.78 is 82.6. The summed E-state index contributed by atoms with van der Waals surface area (Å²) in [6.07, 6.45) is -5.04. The smallest absolute Gasteiger partial charge is 0.278 e. The lowest BCUT2D eigenvalue weighted by Crippen LogP contribution is -2.20. The molecule has 152 valence electrons. The zero-order valence-electron chi connectivity index (χ0n) is 14.5. The molecule has 3 rings (SSSR count). The van der Waals surface area contributed by atoms with Crippen LogP contribution in [0, 0.1) is 17.5 Å². The first-order chi connectivity index (χ1) is 13.6. The average molecular weight is 431 g/mol. The van der Waals surface area contributed by atoms with Crippen molar-refractivity contribution in [3.8, 4) is 0 Å². The monoisotopic (exact) mass is 431 g/mol. The molecule has 4 nitrogen and oxygen atoms in total. The van der Waals surface area contributed by atoms with E-state index in [1.54, 1.807) is 0 Å². The number of carbonyl (C=O) groups excluding carboxylic acids is 1. The minimum atomic E-state index is -4.99. The summed E-state index contributed by atoms with van der Waals surface area (Å²) in [7, 11) is 1.20.